The monoisotopic (exact) mass is 279 g/mol. The van der Waals surface area contributed by atoms with Crippen molar-refractivity contribution >= 4 is 17.5 Å². The summed E-state index contributed by atoms with van der Waals surface area (Å²) in [4.78, 5) is 24.4. The van der Waals surface area contributed by atoms with Crippen molar-refractivity contribution in [2.45, 2.75) is 12.8 Å². The van der Waals surface area contributed by atoms with Crippen LogP contribution in [0.25, 0.3) is 0 Å². The van der Waals surface area contributed by atoms with E-state index in [1.54, 1.807) is 38.4 Å². The summed E-state index contributed by atoms with van der Waals surface area (Å²) in [7, 11) is 3.25. The second-order valence-corrected chi connectivity index (χ2v) is 4.41. The fourth-order valence-electron chi connectivity index (χ4n) is 1.53. The number of benzene rings is 1. The molecule has 0 spiro atoms. The van der Waals surface area contributed by atoms with Crippen molar-refractivity contribution in [2.24, 2.45) is 0 Å². The van der Waals surface area contributed by atoms with Crippen LogP contribution in [-0.2, 0) is 9.59 Å². The first-order valence-electron chi connectivity index (χ1n) is 6.46. The number of hydrogen-bond acceptors (Lipinski definition) is 4. The van der Waals surface area contributed by atoms with Crippen molar-refractivity contribution in [1.29, 1.82) is 0 Å². The fraction of sp³-hybridized carbons (Fsp3) is 0.429. The van der Waals surface area contributed by atoms with Gasteiger partial charge in [-0.2, -0.15) is 0 Å². The Kier molecular flexibility index (Phi) is 6.36. The molecule has 0 radical (unpaired) electrons. The van der Waals surface area contributed by atoms with Crippen LogP contribution >= 0.6 is 0 Å². The molecule has 20 heavy (non-hydrogen) atoms. The lowest BCUT2D eigenvalue weighted by Gasteiger charge is -2.16. The average Bonchev–Trinajstić information content (AvgIpc) is 2.46. The maximum atomic E-state index is 11.8. The van der Waals surface area contributed by atoms with Crippen LogP contribution in [0, 0.1) is 0 Å². The van der Waals surface area contributed by atoms with Crippen LogP contribution in [0.15, 0.2) is 24.3 Å². The Morgan fingerprint density at radius 2 is 1.90 bits per heavy atom. The molecule has 0 saturated heterocycles. The van der Waals surface area contributed by atoms with Crippen molar-refractivity contribution in [3.8, 4) is 5.75 Å². The molecule has 6 heteroatoms. The van der Waals surface area contributed by atoms with Crippen molar-refractivity contribution in [3.63, 3.8) is 0 Å². The number of amides is 2. The number of carbonyl (C=O) groups is 2. The average molecular weight is 279 g/mol. The first-order chi connectivity index (χ1) is 9.52. The molecule has 3 N–H and O–H groups in total. The number of hydrogen-bond donors (Lipinski definition) is 2. The molecule has 0 fully saturated rings. The third-order valence-corrected chi connectivity index (χ3v) is 2.84. The van der Waals surface area contributed by atoms with E-state index in [9.17, 15) is 9.59 Å². The standard InChI is InChI=1S/C14H21N3O3/c1-16-13(18)7-9-17(2)14(19)8-10-20-12-5-3-11(15)4-6-12/h3-6H,7-10,15H2,1-2H3,(H,16,18). The van der Waals surface area contributed by atoms with E-state index in [1.165, 1.54) is 4.90 Å². The number of nitrogens with zero attached hydrogens (tertiary/aromatic N) is 1. The highest BCUT2D eigenvalue weighted by Crippen LogP contribution is 2.13. The third-order valence-electron chi connectivity index (χ3n) is 2.84. The van der Waals surface area contributed by atoms with E-state index < -0.39 is 0 Å². The molecule has 2 amide bonds. The maximum Gasteiger partial charge on any atom is 0.225 e. The number of anilines is 1. The van der Waals surface area contributed by atoms with Crippen LogP contribution in [0.2, 0.25) is 0 Å². The van der Waals surface area contributed by atoms with Crippen LogP contribution in [0.5, 0.6) is 5.75 Å². The van der Waals surface area contributed by atoms with Crippen LogP contribution in [0.4, 0.5) is 5.69 Å². The summed E-state index contributed by atoms with van der Waals surface area (Å²) in [5, 5.41) is 2.52. The topological polar surface area (TPSA) is 84.7 Å². The van der Waals surface area contributed by atoms with Gasteiger partial charge < -0.3 is 20.7 Å². The highest BCUT2D eigenvalue weighted by atomic mass is 16.5. The lowest BCUT2D eigenvalue weighted by atomic mass is 10.3. The minimum Gasteiger partial charge on any atom is -0.493 e. The molecule has 1 aromatic rings. The molecule has 0 aromatic heterocycles. The van der Waals surface area contributed by atoms with Gasteiger partial charge >= 0.3 is 0 Å². The van der Waals surface area contributed by atoms with Crippen molar-refractivity contribution in [3.05, 3.63) is 24.3 Å². The third kappa shape index (κ3) is 5.60. The van der Waals surface area contributed by atoms with E-state index >= 15 is 0 Å². The smallest absolute Gasteiger partial charge is 0.225 e. The summed E-state index contributed by atoms with van der Waals surface area (Å²) in [6, 6.07) is 7.00. The maximum absolute atomic E-state index is 11.8. The Morgan fingerprint density at radius 3 is 2.50 bits per heavy atom. The van der Waals surface area contributed by atoms with Crippen molar-refractivity contribution in [1.82, 2.24) is 10.2 Å². The number of nitrogens with one attached hydrogen (secondary N) is 1. The van der Waals surface area contributed by atoms with Gasteiger partial charge in [0.15, 0.2) is 0 Å². The van der Waals surface area contributed by atoms with Gasteiger partial charge in [0.25, 0.3) is 0 Å². The highest BCUT2D eigenvalue weighted by Gasteiger charge is 2.10. The van der Waals surface area contributed by atoms with Gasteiger partial charge in [-0.1, -0.05) is 0 Å². The Morgan fingerprint density at radius 1 is 1.25 bits per heavy atom. The largest absolute Gasteiger partial charge is 0.493 e. The molecule has 0 aliphatic rings. The van der Waals surface area contributed by atoms with Crippen molar-refractivity contribution < 1.29 is 14.3 Å². The normalized spacial score (nSPS) is 9.90. The van der Waals surface area contributed by atoms with E-state index in [0.29, 0.717) is 31.0 Å². The van der Waals surface area contributed by atoms with Gasteiger partial charge in [0, 0.05) is 32.7 Å². The molecule has 0 bridgehead atoms. The first kappa shape index (κ1) is 15.8. The summed E-state index contributed by atoms with van der Waals surface area (Å²) in [5.41, 5.74) is 6.23. The summed E-state index contributed by atoms with van der Waals surface area (Å²) in [6.07, 6.45) is 0.576. The fourth-order valence-corrected chi connectivity index (χ4v) is 1.53. The van der Waals surface area contributed by atoms with Crippen LogP contribution in [-0.4, -0.2) is 44.0 Å². The minimum atomic E-state index is -0.0808. The van der Waals surface area contributed by atoms with Crippen LogP contribution < -0.4 is 15.8 Å². The van der Waals surface area contributed by atoms with E-state index in [0.717, 1.165) is 0 Å². The molecule has 0 heterocycles. The van der Waals surface area contributed by atoms with Crippen LogP contribution in [0.1, 0.15) is 12.8 Å². The Hall–Kier alpha value is -2.24. The second-order valence-electron chi connectivity index (χ2n) is 4.41. The zero-order chi connectivity index (χ0) is 15.0. The number of nitrogen functional groups attached to an aromatic ring is 1. The van der Waals surface area contributed by atoms with Gasteiger partial charge in [-0.3, -0.25) is 9.59 Å². The van der Waals surface area contributed by atoms with Crippen LogP contribution in [0.3, 0.4) is 0 Å². The van der Waals surface area contributed by atoms with E-state index in [-0.39, 0.29) is 18.2 Å². The molecule has 0 aliphatic heterocycles. The lowest BCUT2D eigenvalue weighted by Crippen LogP contribution is -2.32. The molecule has 0 unspecified atom stereocenters. The predicted molar refractivity (Wildman–Crippen MR) is 77.3 cm³/mol. The zero-order valence-electron chi connectivity index (χ0n) is 11.9. The molecule has 6 nitrogen and oxygen atoms in total. The predicted octanol–water partition coefficient (Wildman–Crippen LogP) is 0.632. The molecule has 110 valence electrons. The summed E-state index contributed by atoms with van der Waals surface area (Å²) >= 11 is 0. The van der Waals surface area contributed by atoms with Gasteiger partial charge in [-0.25, -0.2) is 0 Å². The summed E-state index contributed by atoms with van der Waals surface area (Å²) < 4.78 is 5.45. The second kappa shape index (κ2) is 8.04. The van der Waals surface area contributed by atoms with Gasteiger partial charge in [0.2, 0.25) is 11.8 Å². The van der Waals surface area contributed by atoms with E-state index in [4.69, 9.17) is 10.5 Å². The highest BCUT2D eigenvalue weighted by molar-refractivity contribution is 5.78. The Balaban J connectivity index is 2.25. The lowest BCUT2D eigenvalue weighted by molar-refractivity contribution is -0.131. The number of rotatable bonds is 7. The Labute approximate surface area is 118 Å². The molecule has 0 atom stereocenters. The van der Waals surface area contributed by atoms with Crippen molar-refractivity contribution in [2.75, 3.05) is 33.0 Å². The van der Waals surface area contributed by atoms with Gasteiger partial charge in [0.05, 0.1) is 13.0 Å². The molecular formula is C14H21N3O3. The van der Waals surface area contributed by atoms with Gasteiger partial charge in [0.1, 0.15) is 5.75 Å². The van der Waals surface area contributed by atoms with Gasteiger partial charge in [-0.05, 0) is 24.3 Å². The zero-order valence-corrected chi connectivity index (χ0v) is 11.9. The van der Waals surface area contributed by atoms with E-state index in [2.05, 4.69) is 5.32 Å². The number of nitrogens with two attached hydrogens (primary N) is 1. The number of ether oxygens (including phenoxy) is 1. The first-order valence-corrected chi connectivity index (χ1v) is 6.46. The minimum absolute atomic E-state index is 0.0515. The SMILES string of the molecule is CNC(=O)CCN(C)C(=O)CCOc1ccc(N)cc1. The molecular weight excluding hydrogens is 258 g/mol. The summed E-state index contributed by atoms with van der Waals surface area (Å²) in [6.45, 7) is 0.702. The molecule has 1 aromatic carbocycles. The molecule has 0 saturated carbocycles. The van der Waals surface area contributed by atoms with Gasteiger partial charge in [-0.15, -0.1) is 0 Å². The molecule has 0 aliphatic carbocycles. The number of carbonyl (C=O) groups excluding carboxylic acids is 2. The molecule has 1 rings (SSSR count). The van der Waals surface area contributed by atoms with E-state index in [1.807, 2.05) is 0 Å². The summed E-state index contributed by atoms with van der Waals surface area (Å²) in [5.74, 6) is 0.548. The Bertz CT molecular complexity index is 445. The quantitative estimate of drug-likeness (QED) is 0.717.